The molecule has 0 aliphatic heterocycles. The minimum atomic E-state index is -0.424. The van der Waals surface area contributed by atoms with Crippen LogP contribution in [-0.4, -0.2) is 15.0 Å². The molecule has 0 spiro atoms. The molecule has 3 heterocycles. The van der Waals surface area contributed by atoms with E-state index in [0.717, 1.165) is 43.8 Å². The third-order valence-electron chi connectivity index (χ3n) is 7.83. The molecule has 0 aliphatic rings. The van der Waals surface area contributed by atoms with E-state index in [1.165, 1.54) is 0 Å². The molecule has 0 atom stereocenters. The summed E-state index contributed by atoms with van der Waals surface area (Å²) in [7, 11) is 0. The maximum absolute atomic E-state index is 8.44. The number of nitrogens with zero attached hydrogens (tertiary/aromatic N) is 3. The van der Waals surface area contributed by atoms with Gasteiger partial charge in [0, 0.05) is 32.7 Å². The maximum Gasteiger partial charge on any atom is 0.167 e. The summed E-state index contributed by atoms with van der Waals surface area (Å²) in [6.45, 7) is 0. The molecule has 5 heteroatoms. The maximum atomic E-state index is 8.44. The Bertz CT molecular complexity index is 2760. The number of hydrogen-bond acceptors (Lipinski definition) is 5. The predicted molar refractivity (Wildman–Crippen MR) is 176 cm³/mol. The first-order valence-electron chi connectivity index (χ1n) is 16.6. The van der Waals surface area contributed by atoms with Crippen LogP contribution >= 0.6 is 0 Å². The van der Waals surface area contributed by atoms with Crippen molar-refractivity contribution in [3.8, 4) is 45.3 Å². The van der Waals surface area contributed by atoms with E-state index in [-0.39, 0.29) is 29.7 Å². The summed E-state index contributed by atoms with van der Waals surface area (Å²) in [6, 6.07) is 33.0. The van der Waals surface area contributed by atoms with E-state index in [1.807, 2.05) is 91.0 Å². The Morgan fingerprint density at radius 1 is 0.432 bits per heavy atom. The van der Waals surface area contributed by atoms with Crippen LogP contribution in [-0.2, 0) is 0 Å². The molecule has 0 saturated heterocycles. The molecule has 0 N–H and O–H groups in total. The zero-order valence-electron chi connectivity index (χ0n) is 28.1. The Balaban J connectivity index is 1.21. The highest BCUT2D eigenvalue weighted by molar-refractivity contribution is 6.09. The smallest absolute Gasteiger partial charge is 0.167 e. The summed E-state index contributed by atoms with van der Waals surface area (Å²) < 4.78 is 53.7. The van der Waals surface area contributed by atoms with Crippen molar-refractivity contribution >= 4 is 43.9 Å². The number of rotatable bonds is 4. The van der Waals surface area contributed by atoms with Crippen LogP contribution in [0.5, 0.6) is 0 Å². The summed E-state index contributed by atoms with van der Waals surface area (Å²) in [4.78, 5) is 14.8. The fourth-order valence-electron chi connectivity index (χ4n) is 5.73. The lowest BCUT2D eigenvalue weighted by atomic mass is 10.0. The summed E-state index contributed by atoms with van der Waals surface area (Å²) >= 11 is 0. The van der Waals surface area contributed by atoms with Crippen molar-refractivity contribution in [2.24, 2.45) is 0 Å². The van der Waals surface area contributed by atoms with E-state index in [1.54, 1.807) is 18.2 Å². The first kappa shape index (κ1) is 19.9. The molecule has 0 radical (unpaired) electrons. The third-order valence-corrected chi connectivity index (χ3v) is 7.83. The van der Waals surface area contributed by atoms with Gasteiger partial charge in [-0.25, -0.2) is 15.0 Å². The van der Waals surface area contributed by atoms with E-state index >= 15 is 0 Å². The topological polar surface area (TPSA) is 65.0 Å². The number of furan rings is 2. The number of aromatic nitrogens is 3. The molecule has 0 amide bonds. The van der Waals surface area contributed by atoms with Crippen LogP contribution in [0.2, 0.25) is 0 Å². The molecule has 0 unspecified atom stereocenters. The van der Waals surface area contributed by atoms with Crippen molar-refractivity contribution in [3.05, 3.63) is 139 Å². The van der Waals surface area contributed by atoms with Crippen LogP contribution in [0.25, 0.3) is 89.2 Å². The third kappa shape index (κ3) is 3.98. The lowest BCUT2D eigenvalue weighted by molar-refractivity contribution is 0.668. The minimum Gasteiger partial charge on any atom is -0.456 e. The van der Waals surface area contributed by atoms with Crippen molar-refractivity contribution in [1.29, 1.82) is 0 Å². The Morgan fingerprint density at radius 2 is 1.14 bits per heavy atom. The molecule has 5 nitrogen and oxygen atoms in total. The first-order valence-corrected chi connectivity index (χ1v) is 14.1. The normalized spacial score (nSPS) is 13.2. The van der Waals surface area contributed by atoms with E-state index in [0.29, 0.717) is 39.8 Å². The number of hydrogen-bond donors (Lipinski definition) is 0. The van der Waals surface area contributed by atoms with Crippen molar-refractivity contribution < 1.29 is 15.7 Å². The van der Waals surface area contributed by atoms with Crippen LogP contribution in [0.3, 0.4) is 0 Å². The Labute approximate surface area is 259 Å². The van der Waals surface area contributed by atoms with Gasteiger partial charge in [0.25, 0.3) is 0 Å². The molecule has 0 fully saturated rings. The van der Waals surface area contributed by atoms with Gasteiger partial charge < -0.3 is 8.83 Å². The fraction of sp³-hybridized carbons (Fsp3) is 0. The van der Waals surface area contributed by atoms with Crippen LogP contribution in [0.15, 0.2) is 148 Å². The van der Waals surface area contributed by atoms with Gasteiger partial charge in [-0.3, -0.25) is 0 Å². The second-order valence-electron chi connectivity index (χ2n) is 10.5. The van der Waals surface area contributed by atoms with Crippen molar-refractivity contribution in [3.63, 3.8) is 0 Å². The van der Waals surface area contributed by atoms with Crippen LogP contribution in [0, 0.1) is 0 Å². The van der Waals surface area contributed by atoms with Gasteiger partial charge in [0.15, 0.2) is 17.5 Å². The molecule has 0 bridgehead atoms. The molecule has 44 heavy (non-hydrogen) atoms. The lowest BCUT2D eigenvalue weighted by Crippen LogP contribution is -2.00. The van der Waals surface area contributed by atoms with Gasteiger partial charge >= 0.3 is 0 Å². The Hall–Kier alpha value is -6.07. The minimum absolute atomic E-state index is 0.143. The van der Waals surface area contributed by atoms with Gasteiger partial charge in [-0.05, 0) is 47.5 Å². The molecule has 9 rings (SSSR count). The van der Waals surface area contributed by atoms with Gasteiger partial charge in [0.05, 0.1) is 12.4 Å². The number of para-hydroxylation sites is 2. The van der Waals surface area contributed by atoms with Gasteiger partial charge in [0.2, 0.25) is 0 Å². The Morgan fingerprint density at radius 3 is 2.02 bits per heavy atom. The molecule has 0 aliphatic carbocycles. The monoisotopic (exact) mass is 570 g/mol. The van der Waals surface area contributed by atoms with E-state index < -0.39 is 6.04 Å². The average Bonchev–Trinajstić information content (AvgIpc) is 3.71. The molecular weight excluding hydrogens is 542 g/mol. The summed E-state index contributed by atoms with van der Waals surface area (Å²) in [5.74, 6) is 1.45. The highest BCUT2D eigenvalue weighted by atomic mass is 16.3. The number of fused-ring (bicyclic) bond motifs is 6. The Kier molecular flexibility index (Phi) is 4.42. The zero-order valence-corrected chi connectivity index (χ0v) is 23.1. The van der Waals surface area contributed by atoms with Gasteiger partial charge in [-0.15, -0.1) is 0 Å². The van der Waals surface area contributed by atoms with Crippen LogP contribution < -0.4 is 0 Å². The zero-order chi connectivity index (χ0) is 33.4. The summed E-state index contributed by atoms with van der Waals surface area (Å²) in [5.41, 5.74) is 5.63. The standard InChI is InChI=1S/C39H23N3O2/c1-3-10-24(11-4-1)26-19-21-34-32(22-26)29-20-18-27(23-35(29)43-34)38-40-37(25-12-5-2-6-13-25)41-39(42-38)31-16-9-15-30-28-14-7-8-17-33(28)44-36(30)31/h1-23H/i1D,3D,4D,10D,11D. The number of benzene rings is 6. The largest absolute Gasteiger partial charge is 0.456 e. The fourth-order valence-corrected chi connectivity index (χ4v) is 5.73. The van der Waals surface area contributed by atoms with Crippen LogP contribution in [0.4, 0.5) is 0 Å². The predicted octanol–water partition coefficient (Wildman–Crippen LogP) is 10.3. The lowest BCUT2D eigenvalue weighted by Gasteiger charge is -2.09. The summed E-state index contributed by atoms with van der Waals surface area (Å²) in [6.07, 6.45) is 0. The first-order chi connectivity index (χ1) is 23.9. The highest BCUT2D eigenvalue weighted by Gasteiger charge is 2.18. The van der Waals surface area contributed by atoms with E-state index in [2.05, 4.69) is 0 Å². The quantitative estimate of drug-likeness (QED) is 0.211. The van der Waals surface area contributed by atoms with E-state index in [9.17, 15) is 0 Å². The van der Waals surface area contributed by atoms with Crippen molar-refractivity contribution in [2.45, 2.75) is 0 Å². The SMILES string of the molecule is [2H]c1c([2H])c([2H])c(-c2ccc3oc4cc(-c5nc(-c6ccccc6)nc(-c6cccc7c6oc6ccccc67)n5)ccc4c3c2)c([2H])c1[2H]. The molecule has 206 valence electrons. The van der Waals surface area contributed by atoms with Crippen molar-refractivity contribution in [2.75, 3.05) is 0 Å². The highest BCUT2D eigenvalue weighted by Crippen LogP contribution is 2.37. The molecule has 0 saturated carbocycles. The van der Waals surface area contributed by atoms with Crippen LogP contribution in [0.1, 0.15) is 6.85 Å². The average molecular weight is 571 g/mol. The molecular formula is C39H23N3O2. The molecule has 6 aromatic carbocycles. The van der Waals surface area contributed by atoms with Gasteiger partial charge in [-0.1, -0.05) is 103 Å². The second-order valence-corrected chi connectivity index (χ2v) is 10.5. The molecule has 9 aromatic rings. The summed E-state index contributed by atoms with van der Waals surface area (Å²) in [5, 5.41) is 3.55. The molecule has 3 aromatic heterocycles. The van der Waals surface area contributed by atoms with E-state index in [4.69, 9.17) is 30.6 Å². The van der Waals surface area contributed by atoms with Crippen molar-refractivity contribution in [1.82, 2.24) is 15.0 Å². The van der Waals surface area contributed by atoms with Gasteiger partial charge in [0.1, 0.15) is 22.3 Å². The second kappa shape index (κ2) is 9.75. The van der Waals surface area contributed by atoms with Gasteiger partial charge in [-0.2, -0.15) is 0 Å².